The Bertz CT molecular complexity index is 460. The average Bonchev–Trinajstić information content (AvgIpc) is 2.44. The lowest BCUT2D eigenvalue weighted by molar-refractivity contribution is -0.518. The molecule has 1 aromatic rings. The van der Waals surface area contributed by atoms with Gasteiger partial charge in [0.15, 0.2) is 6.04 Å². The zero-order chi connectivity index (χ0) is 15.1. The number of nitrogens with one attached hydrogen (secondary N) is 1. The highest BCUT2D eigenvalue weighted by molar-refractivity contribution is 5.80. The molecule has 0 saturated carbocycles. The Morgan fingerprint density at radius 1 is 1.40 bits per heavy atom. The molecule has 0 aliphatic carbocycles. The number of hydrogen-bond donors (Lipinski definition) is 1. The van der Waals surface area contributed by atoms with Crippen molar-refractivity contribution in [3.8, 4) is 5.75 Å². The molecule has 1 N–H and O–H groups in total. The van der Waals surface area contributed by atoms with E-state index in [9.17, 15) is 14.9 Å². The van der Waals surface area contributed by atoms with Gasteiger partial charge in [-0.2, -0.15) is 0 Å². The number of esters is 1. The van der Waals surface area contributed by atoms with E-state index < -0.39 is 23.0 Å². The zero-order valence-corrected chi connectivity index (χ0v) is 11.7. The first kappa shape index (κ1) is 15.7. The third-order valence-electron chi connectivity index (χ3n) is 2.77. The van der Waals surface area contributed by atoms with E-state index in [1.165, 1.54) is 6.92 Å². The Morgan fingerprint density at radius 3 is 2.45 bits per heavy atom. The Morgan fingerprint density at radius 2 is 2.00 bits per heavy atom. The van der Waals surface area contributed by atoms with E-state index in [0.717, 1.165) is 0 Å². The molecule has 2 atom stereocenters. The SMILES string of the molecule is CCOC(=O)[C@@H](Nc1ccc(OC)cc1)[C@H](C)[N+](=O)[O-]. The number of carbonyl (C=O) groups is 1. The molecule has 0 fully saturated rings. The highest BCUT2D eigenvalue weighted by Crippen LogP contribution is 2.17. The highest BCUT2D eigenvalue weighted by atomic mass is 16.6. The Hall–Kier alpha value is -2.31. The predicted molar refractivity (Wildman–Crippen MR) is 73.5 cm³/mol. The van der Waals surface area contributed by atoms with Crippen molar-refractivity contribution in [3.63, 3.8) is 0 Å². The quantitative estimate of drug-likeness (QED) is 0.465. The van der Waals surface area contributed by atoms with Crippen molar-refractivity contribution in [2.75, 3.05) is 19.0 Å². The van der Waals surface area contributed by atoms with Crippen LogP contribution in [0, 0.1) is 10.1 Å². The number of benzene rings is 1. The van der Waals surface area contributed by atoms with E-state index in [2.05, 4.69) is 5.32 Å². The van der Waals surface area contributed by atoms with Crippen molar-refractivity contribution >= 4 is 11.7 Å². The summed E-state index contributed by atoms with van der Waals surface area (Å²) in [4.78, 5) is 22.2. The van der Waals surface area contributed by atoms with Crippen LogP contribution in [0.4, 0.5) is 5.69 Å². The summed E-state index contributed by atoms with van der Waals surface area (Å²) in [6.45, 7) is 3.18. The lowest BCUT2D eigenvalue weighted by atomic mass is 10.1. The van der Waals surface area contributed by atoms with Gasteiger partial charge in [0.1, 0.15) is 5.75 Å². The summed E-state index contributed by atoms with van der Waals surface area (Å²) in [5.41, 5.74) is 0.581. The molecular weight excluding hydrogens is 264 g/mol. The summed E-state index contributed by atoms with van der Waals surface area (Å²) in [5, 5.41) is 13.7. The van der Waals surface area contributed by atoms with Crippen LogP contribution in [0.2, 0.25) is 0 Å². The minimum absolute atomic E-state index is 0.171. The van der Waals surface area contributed by atoms with Crippen LogP contribution in [0.15, 0.2) is 24.3 Å². The second-order valence-electron chi connectivity index (χ2n) is 4.13. The van der Waals surface area contributed by atoms with Gasteiger partial charge in [0.05, 0.1) is 13.7 Å². The molecular formula is C13H18N2O5. The Labute approximate surface area is 117 Å². The zero-order valence-electron chi connectivity index (χ0n) is 11.7. The fourth-order valence-electron chi connectivity index (χ4n) is 1.60. The van der Waals surface area contributed by atoms with Crippen molar-refractivity contribution in [3.05, 3.63) is 34.4 Å². The van der Waals surface area contributed by atoms with Gasteiger partial charge in [-0.15, -0.1) is 0 Å². The number of carbonyl (C=O) groups excluding carboxylic acids is 1. The van der Waals surface area contributed by atoms with Gasteiger partial charge in [-0.05, 0) is 31.2 Å². The number of nitrogens with zero attached hydrogens (tertiary/aromatic N) is 1. The maximum Gasteiger partial charge on any atom is 0.335 e. The van der Waals surface area contributed by atoms with Crippen LogP contribution in [-0.4, -0.2) is 36.7 Å². The molecule has 7 nitrogen and oxygen atoms in total. The van der Waals surface area contributed by atoms with Gasteiger partial charge >= 0.3 is 5.97 Å². The van der Waals surface area contributed by atoms with Crippen LogP contribution < -0.4 is 10.1 Å². The monoisotopic (exact) mass is 282 g/mol. The molecule has 1 aromatic carbocycles. The molecule has 0 spiro atoms. The third-order valence-corrected chi connectivity index (χ3v) is 2.77. The molecule has 0 amide bonds. The normalized spacial score (nSPS) is 13.2. The molecule has 7 heteroatoms. The fourth-order valence-corrected chi connectivity index (χ4v) is 1.60. The maximum absolute atomic E-state index is 11.8. The topological polar surface area (TPSA) is 90.7 Å². The first-order valence-corrected chi connectivity index (χ1v) is 6.20. The van der Waals surface area contributed by atoms with Crippen molar-refractivity contribution in [1.82, 2.24) is 0 Å². The molecule has 0 heterocycles. The highest BCUT2D eigenvalue weighted by Gasteiger charge is 2.34. The lowest BCUT2D eigenvalue weighted by Crippen LogP contribution is -2.44. The van der Waals surface area contributed by atoms with Crippen LogP contribution in [0.25, 0.3) is 0 Å². The molecule has 0 saturated heterocycles. The van der Waals surface area contributed by atoms with Gasteiger partial charge in [-0.25, -0.2) is 4.79 Å². The maximum atomic E-state index is 11.8. The van der Waals surface area contributed by atoms with E-state index in [0.29, 0.717) is 11.4 Å². The second-order valence-corrected chi connectivity index (χ2v) is 4.13. The van der Waals surface area contributed by atoms with E-state index in [4.69, 9.17) is 9.47 Å². The van der Waals surface area contributed by atoms with E-state index in [1.54, 1.807) is 38.3 Å². The molecule has 0 aliphatic heterocycles. The van der Waals surface area contributed by atoms with Crippen LogP contribution >= 0.6 is 0 Å². The van der Waals surface area contributed by atoms with E-state index >= 15 is 0 Å². The van der Waals surface area contributed by atoms with Gasteiger partial charge in [0, 0.05) is 17.5 Å². The van der Waals surface area contributed by atoms with Crippen molar-refractivity contribution < 1.29 is 19.2 Å². The van der Waals surface area contributed by atoms with E-state index in [-0.39, 0.29) is 6.61 Å². The van der Waals surface area contributed by atoms with Gasteiger partial charge in [0.25, 0.3) is 0 Å². The number of hydrogen-bond acceptors (Lipinski definition) is 6. The smallest absolute Gasteiger partial charge is 0.335 e. The molecule has 1 rings (SSSR count). The van der Waals surface area contributed by atoms with Gasteiger partial charge < -0.3 is 14.8 Å². The summed E-state index contributed by atoms with van der Waals surface area (Å²) >= 11 is 0. The molecule has 0 aromatic heterocycles. The number of ether oxygens (including phenoxy) is 2. The fraction of sp³-hybridized carbons (Fsp3) is 0.462. The van der Waals surface area contributed by atoms with Crippen LogP contribution in [0.3, 0.4) is 0 Å². The first-order chi connectivity index (χ1) is 9.49. The molecule has 0 bridgehead atoms. The number of nitro groups is 1. The lowest BCUT2D eigenvalue weighted by Gasteiger charge is -2.19. The summed E-state index contributed by atoms with van der Waals surface area (Å²) < 4.78 is 9.88. The minimum Gasteiger partial charge on any atom is -0.497 e. The summed E-state index contributed by atoms with van der Waals surface area (Å²) in [6.07, 6.45) is 0. The van der Waals surface area contributed by atoms with Crippen LogP contribution in [-0.2, 0) is 9.53 Å². The molecule has 0 unspecified atom stereocenters. The van der Waals surface area contributed by atoms with Gasteiger partial charge in [-0.1, -0.05) is 0 Å². The van der Waals surface area contributed by atoms with Gasteiger partial charge in [-0.3, -0.25) is 10.1 Å². The number of anilines is 1. The summed E-state index contributed by atoms with van der Waals surface area (Å²) in [5.74, 6) is 0.0121. The Balaban J connectivity index is 2.87. The predicted octanol–water partition coefficient (Wildman–Crippen LogP) is 1.70. The van der Waals surface area contributed by atoms with Gasteiger partial charge in [0.2, 0.25) is 6.04 Å². The average molecular weight is 282 g/mol. The second kappa shape index (κ2) is 7.32. The van der Waals surface area contributed by atoms with Crippen molar-refractivity contribution in [2.24, 2.45) is 0 Å². The first-order valence-electron chi connectivity index (χ1n) is 6.20. The standard InChI is InChI=1S/C13H18N2O5/c1-4-20-13(16)12(9(2)15(17)18)14-10-5-7-11(19-3)8-6-10/h5-9,12,14H,4H2,1-3H3/t9-,12-/m0/s1. The van der Waals surface area contributed by atoms with Crippen LogP contribution in [0.5, 0.6) is 5.75 Å². The molecule has 0 aliphatic rings. The minimum atomic E-state index is -1.10. The van der Waals surface area contributed by atoms with Crippen molar-refractivity contribution in [2.45, 2.75) is 25.9 Å². The summed E-state index contributed by atoms with van der Waals surface area (Å²) in [7, 11) is 1.54. The third kappa shape index (κ3) is 4.11. The molecule has 20 heavy (non-hydrogen) atoms. The summed E-state index contributed by atoms with van der Waals surface area (Å²) in [6, 6.07) is 4.60. The number of methoxy groups -OCH3 is 1. The Kier molecular flexibility index (Phi) is 5.76. The van der Waals surface area contributed by atoms with E-state index in [1.807, 2.05) is 0 Å². The van der Waals surface area contributed by atoms with Crippen molar-refractivity contribution in [1.29, 1.82) is 0 Å². The largest absolute Gasteiger partial charge is 0.497 e. The number of rotatable bonds is 7. The molecule has 0 radical (unpaired) electrons. The van der Waals surface area contributed by atoms with Crippen LogP contribution in [0.1, 0.15) is 13.8 Å². The molecule has 110 valence electrons.